The lowest BCUT2D eigenvalue weighted by atomic mass is 10.1. The van der Waals surface area contributed by atoms with E-state index in [2.05, 4.69) is 10.4 Å². The minimum atomic E-state index is -0.509. The van der Waals surface area contributed by atoms with E-state index in [4.69, 9.17) is 21.1 Å². The normalized spacial score (nSPS) is 10.7. The van der Waals surface area contributed by atoms with Gasteiger partial charge in [0.05, 0.1) is 5.69 Å². The number of amides is 1. The van der Waals surface area contributed by atoms with E-state index >= 15 is 0 Å². The lowest BCUT2D eigenvalue weighted by molar-refractivity contribution is 0.201. The second-order valence-electron chi connectivity index (χ2n) is 6.86. The van der Waals surface area contributed by atoms with Gasteiger partial charge in [0, 0.05) is 30.8 Å². The number of hydrogen-bond donors (Lipinski definition) is 1. The first-order chi connectivity index (χ1) is 13.8. The average molecular weight is 414 g/mol. The number of carbonyl (C=O) groups excluding carboxylic acids is 1. The maximum absolute atomic E-state index is 11.6. The number of nitrogens with one attached hydrogen (secondary N) is 1. The van der Waals surface area contributed by atoms with Crippen LogP contribution in [0, 0.1) is 20.8 Å². The Labute approximate surface area is 175 Å². The summed E-state index contributed by atoms with van der Waals surface area (Å²) in [6.45, 7) is 6.11. The number of nitrogens with zero attached hydrogens (tertiary/aromatic N) is 2. The number of benzene rings is 2. The van der Waals surface area contributed by atoms with Crippen LogP contribution in [0.4, 0.5) is 4.79 Å². The molecule has 0 aliphatic carbocycles. The van der Waals surface area contributed by atoms with E-state index < -0.39 is 6.09 Å². The van der Waals surface area contributed by atoms with Gasteiger partial charge in [0.1, 0.15) is 23.3 Å². The second kappa shape index (κ2) is 8.57. The van der Waals surface area contributed by atoms with E-state index in [0.717, 1.165) is 39.3 Å². The Morgan fingerprint density at radius 3 is 2.55 bits per heavy atom. The zero-order valence-electron chi connectivity index (χ0n) is 17.2. The summed E-state index contributed by atoms with van der Waals surface area (Å²) in [5, 5.41) is 7.58. The van der Waals surface area contributed by atoms with Crippen molar-refractivity contribution in [1.29, 1.82) is 0 Å². The Balaban J connectivity index is 1.81. The van der Waals surface area contributed by atoms with Gasteiger partial charge in [0.25, 0.3) is 0 Å². The number of ether oxygens (including phenoxy) is 2. The third kappa shape index (κ3) is 4.38. The molecule has 0 spiro atoms. The van der Waals surface area contributed by atoms with E-state index in [1.807, 2.05) is 64.2 Å². The summed E-state index contributed by atoms with van der Waals surface area (Å²) < 4.78 is 13.1. The van der Waals surface area contributed by atoms with Crippen LogP contribution in [0.1, 0.15) is 22.3 Å². The minimum absolute atomic E-state index is 0.280. The summed E-state index contributed by atoms with van der Waals surface area (Å²) >= 11 is 6.25. The van der Waals surface area contributed by atoms with E-state index in [-0.39, 0.29) is 6.61 Å². The maximum Gasteiger partial charge on any atom is 0.412 e. The molecule has 0 radical (unpaired) electrons. The first-order valence-electron chi connectivity index (χ1n) is 9.22. The predicted octanol–water partition coefficient (Wildman–Crippen LogP) is 4.96. The van der Waals surface area contributed by atoms with Gasteiger partial charge < -0.3 is 14.8 Å². The first kappa shape index (κ1) is 20.7. The summed E-state index contributed by atoms with van der Waals surface area (Å²) in [4.78, 5) is 11.6. The Kier molecular flexibility index (Phi) is 6.13. The molecule has 0 saturated carbocycles. The Hall–Kier alpha value is -2.99. The molecule has 0 unspecified atom stereocenters. The molecule has 0 atom stereocenters. The third-order valence-electron chi connectivity index (χ3n) is 4.72. The largest absolute Gasteiger partial charge is 0.488 e. The van der Waals surface area contributed by atoms with E-state index in [1.165, 1.54) is 7.05 Å². The summed E-state index contributed by atoms with van der Waals surface area (Å²) in [5.41, 5.74) is 5.41. The third-order valence-corrected chi connectivity index (χ3v) is 5.25. The Morgan fingerprint density at radius 1 is 1.17 bits per heavy atom. The molecule has 1 amide bonds. The number of para-hydroxylation sites is 1. The number of aryl methyl sites for hydroxylation is 3. The molecule has 1 aromatic heterocycles. The molecule has 29 heavy (non-hydrogen) atoms. The molecule has 2 aromatic carbocycles. The summed E-state index contributed by atoms with van der Waals surface area (Å²) in [6, 6.07) is 11.6. The fraction of sp³-hybridized carbons (Fsp3) is 0.273. The van der Waals surface area contributed by atoms with Crippen LogP contribution in [-0.2, 0) is 13.7 Å². The molecule has 3 aromatic rings. The van der Waals surface area contributed by atoms with Crippen LogP contribution in [0.15, 0.2) is 36.4 Å². The van der Waals surface area contributed by atoms with Crippen molar-refractivity contribution < 1.29 is 14.3 Å². The van der Waals surface area contributed by atoms with Crippen LogP contribution in [0.5, 0.6) is 11.5 Å². The van der Waals surface area contributed by atoms with Crippen molar-refractivity contribution in [3.8, 4) is 22.8 Å². The van der Waals surface area contributed by atoms with Crippen molar-refractivity contribution >= 4 is 17.7 Å². The van der Waals surface area contributed by atoms with Gasteiger partial charge in [-0.2, -0.15) is 5.10 Å². The average Bonchev–Trinajstić information content (AvgIpc) is 2.96. The Bertz CT molecular complexity index is 1060. The maximum atomic E-state index is 11.6. The molecule has 0 fully saturated rings. The quantitative estimate of drug-likeness (QED) is 0.641. The fourth-order valence-corrected chi connectivity index (χ4v) is 3.24. The summed E-state index contributed by atoms with van der Waals surface area (Å²) in [7, 11) is 3.35. The molecule has 3 rings (SSSR count). The zero-order chi connectivity index (χ0) is 21.1. The number of carbonyl (C=O) groups is 1. The number of aromatic nitrogens is 2. The van der Waals surface area contributed by atoms with Crippen LogP contribution in [0.3, 0.4) is 0 Å². The van der Waals surface area contributed by atoms with Gasteiger partial charge in [-0.05, 0) is 50.1 Å². The highest BCUT2D eigenvalue weighted by Gasteiger charge is 2.15. The van der Waals surface area contributed by atoms with Gasteiger partial charge in [-0.3, -0.25) is 4.68 Å². The minimum Gasteiger partial charge on any atom is -0.488 e. The predicted molar refractivity (Wildman–Crippen MR) is 114 cm³/mol. The van der Waals surface area contributed by atoms with Crippen molar-refractivity contribution in [2.75, 3.05) is 7.05 Å². The van der Waals surface area contributed by atoms with Gasteiger partial charge in [-0.15, -0.1) is 0 Å². The highest BCUT2D eigenvalue weighted by atomic mass is 35.5. The molecule has 6 nitrogen and oxygen atoms in total. The van der Waals surface area contributed by atoms with Crippen molar-refractivity contribution in [1.82, 2.24) is 15.1 Å². The monoisotopic (exact) mass is 413 g/mol. The first-order valence-corrected chi connectivity index (χ1v) is 9.60. The van der Waals surface area contributed by atoms with Gasteiger partial charge in [0.15, 0.2) is 0 Å². The molecule has 7 heteroatoms. The van der Waals surface area contributed by atoms with Crippen molar-refractivity contribution in [3.63, 3.8) is 0 Å². The van der Waals surface area contributed by atoms with E-state index in [0.29, 0.717) is 10.9 Å². The van der Waals surface area contributed by atoms with Crippen LogP contribution < -0.4 is 14.8 Å². The molecule has 0 bridgehead atoms. The van der Waals surface area contributed by atoms with Gasteiger partial charge in [-0.1, -0.05) is 29.8 Å². The van der Waals surface area contributed by atoms with Crippen LogP contribution in [0.25, 0.3) is 11.3 Å². The summed E-state index contributed by atoms with van der Waals surface area (Å²) in [6.07, 6.45) is -0.509. The fourth-order valence-electron chi connectivity index (χ4n) is 3.11. The lowest BCUT2D eigenvalue weighted by Crippen LogP contribution is -2.23. The lowest BCUT2D eigenvalue weighted by Gasteiger charge is -2.15. The van der Waals surface area contributed by atoms with E-state index in [9.17, 15) is 4.79 Å². The molecule has 1 heterocycles. The van der Waals surface area contributed by atoms with Gasteiger partial charge in [0.2, 0.25) is 0 Å². The summed E-state index contributed by atoms with van der Waals surface area (Å²) in [5.74, 6) is 1.26. The molecular formula is C22H24ClN3O3. The van der Waals surface area contributed by atoms with Crippen LogP contribution in [-0.4, -0.2) is 22.9 Å². The van der Waals surface area contributed by atoms with Crippen LogP contribution >= 0.6 is 11.6 Å². The number of halogens is 1. The molecular weight excluding hydrogens is 390 g/mol. The molecule has 1 N–H and O–H groups in total. The van der Waals surface area contributed by atoms with Crippen molar-refractivity contribution in [3.05, 3.63) is 63.8 Å². The van der Waals surface area contributed by atoms with E-state index in [1.54, 1.807) is 4.68 Å². The molecule has 0 saturated heterocycles. The molecule has 0 aliphatic rings. The standard InChI is InChI=1S/C22H24ClN3O3/c1-13-7-6-8-17(20(13)29-22(27)24-4)12-28-18-10-9-16(11-14(18)2)19-15(3)21(23)26(5)25-19/h6-11H,12H2,1-5H3,(H,24,27). The number of hydrogen-bond acceptors (Lipinski definition) is 4. The SMILES string of the molecule is CNC(=O)Oc1c(C)cccc1COc1ccc(-c2nn(C)c(Cl)c2C)cc1C. The molecule has 152 valence electrons. The van der Waals surface area contributed by atoms with Gasteiger partial charge in [-0.25, -0.2) is 4.79 Å². The molecule has 0 aliphatic heterocycles. The second-order valence-corrected chi connectivity index (χ2v) is 7.22. The highest BCUT2D eigenvalue weighted by molar-refractivity contribution is 6.30. The number of rotatable bonds is 5. The Morgan fingerprint density at radius 2 is 1.93 bits per heavy atom. The van der Waals surface area contributed by atoms with Gasteiger partial charge >= 0.3 is 6.09 Å². The van der Waals surface area contributed by atoms with Crippen LogP contribution in [0.2, 0.25) is 5.15 Å². The van der Waals surface area contributed by atoms with Crippen molar-refractivity contribution in [2.24, 2.45) is 7.05 Å². The van der Waals surface area contributed by atoms with Crippen molar-refractivity contribution in [2.45, 2.75) is 27.4 Å². The highest BCUT2D eigenvalue weighted by Crippen LogP contribution is 2.31. The smallest absolute Gasteiger partial charge is 0.412 e. The zero-order valence-corrected chi connectivity index (χ0v) is 17.9. The topological polar surface area (TPSA) is 65.4 Å².